The van der Waals surface area contributed by atoms with E-state index in [0.29, 0.717) is 12.0 Å². The highest BCUT2D eigenvalue weighted by Crippen LogP contribution is 2.44. The number of rotatable bonds is 8. The van der Waals surface area contributed by atoms with Crippen molar-refractivity contribution >= 4 is 11.0 Å². The molecule has 0 aliphatic heterocycles. The summed E-state index contributed by atoms with van der Waals surface area (Å²) in [4.78, 5) is 13.0. The van der Waals surface area contributed by atoms with E-state index in [0.717, 1.165) is 36.1 Å². The lowest BCUT2D eigenvalue weighted by atomic mass is 9.93. The van der Waals surface area contributed by atoms with Gasteiger partial charge in [-0.05, 0) is 66.4 Å². The van der Waals surface area contributed by atoms with Gasteiger partial charge in [0.2, 0.25) is 11.2 Å². The quantitative estimate of drug-likeness (QED) is 0.169. The lowest BCUT2D eigenvalue weighted by molar-refractivity contribution is 0.396. The van der Waals surface area contributed by atoms with Gasteiger partial charge in [-0.1, -0.05) is 34.9 Å². The zero-order chi connectivity index (χ0) is 27.4. The van der Waals surface area contributed by atoms with Gasteiger partial charge in [-0.15, -0.1) is 0 Å². The lowest BCUT2D eigenvalue weighted by Crippen LogP contribution is -2.04. The molecule has 196 valence electrons. The second-order valence-electron chi connectivity index (χ2n) is 9.77. The topological polar surface area (TPSA) is 131 Å². The van der Waals surface area contributed by atoms with Gasteiger partial charge in [0.25, 0.3) is 0 Å². The van der Waals surface area contributed by atoms with Crippen molar-refractivity contribution in [3.8, 4) is 40.1 Å². The van der Waals surface area contributed by atoms with Gasteiger partial charge in [0.15, 0.2) is 17.3 Å². The summed E-state index contributed by atoms with van der Waals surface area (Å²) in [6.07, 6.45) is 8.09. The van der Waals surface area contributed by atoms with Crippen LogP contribution < -0.4 is 5.43 Å². The second kappa shape index (κ2) is 11.3. The molecule has 0 atom stereocenters. The maximum absolute atomic E-state index is 13.0. The van der Waals surface area contributed by atoms with E-state index in [9.17, 15) is 30.3 Å². The Morgan fingerprint density at radius 1 is 0.811 bits per heavy atom. The highest BCUT2D eigenvalue weighted by molar-refractivity contribution is 5.89. The summed E-state index contributed by atoms with van der Waals surface area (Å²) in [6.45, 7) is 9.85. The molecule has 7 heteroatoms. The minimum Gasteiger partial charge on any atom is -0.508 e. The molecule has 3 aromatic rings. The molecule has 5 N–H and O–H groups in total. The van der Waals surface area contributed by atoms with Crippen LogP contribution in [0.25, 0.3) is 22.3 Å². The summed E-state index contributed by atoms with van der Waals surface area (Å²) in [5, 5.41) is 52.4. The molecule has 0 fully saturated rings. The molecule has 0 amide bonds. The number of allylic oxidation sites excluding steroid dienone is 6. The minimum atomic E-state index is -0.883. The van der Waals surface area contributed by atoms with Crippen molar-refractivity contribution in [3.05, 3.63) is 74.5 Å². The number of benzene rings is 2. The predicted molar refractivity (Wildman–Crippen MR) is 146 cm³/mol. The standard InChI is InChI=1S/C30H34O7/c1-16(2)7-6-8-18(5)10-12-21-22(13-19(11-9-17(3)4)26(33)27(21)34)30-29(36)28(35)25-23(32)14-20(31)15-24(25)37-30/h7,9-10,13-15,31-34,36H,6,8,11-12H2,1-5H3/b18-10+. The fourth-order valence-electron chi connectivity index (χ4n) is 4.06. The van der Waals surface area contributed by atoms with Crippen LogP contribution in [0, 0.1) is 0 Å². The van der Waals surface area contributed by atoms with Gasteiger partial charge in [-0.3, -0.25) is 4.79 Å². The summed E-state index contributed by atoms with van der Waals surface area (Å²) < 4.78 is 5.83. The van der Waals surface area contributed by atoms with Crippen LogP contribution in [-0.4, -0.2) is 25.5 Å². The van der Waals surface area contributed by atoms with E-state index in [1.54, 1.807) is 6.07 Å². The summed E-state index contributed by atoms with van der Waals surface area (Å²) in [6, 6.07) is 3.72. The fourth-order valence-corrected chi connectivity index (χ4v) is 4.06. The van der Waals surface area contributed by atoms with Crippen molar-refractivity contribution in [1.29, 1.82) is 0 Å². The van der Waals surface area contributed by atoms with Crippen LogP contribution >= 0.6 is 0 Å². The van der Waals surface area contributed by atoms with Crippen LogP contribution in [0.15, 0.2) is 62.4 Å². The Morgan fingerprint density at radius 2 is 1.49 bits per heavy atom. The molecule has 1 heterocycles. The predicted octanol–water partition coefficient (Wildman–Crippen LogP) is 6.73. The van der Waals surface area contributed by atoms with Crippen molar-refractivity contribution in [1.82, 2.24) is 0 Å². The molecule has 0 saturated carbocycles. The first-order valence-corrected chi connectivity index (χ1v) is 12.1. The molecule has 0 spiro atoms. The summed E-state index contributed by atoms with van der Waals surface area (Å²) in [5.74, 6) is -2.50. The first kappa shape index (κ1) is 27.5. The van der Waals surface area contributed by atoms with Crippen LogP contribution in [0.5, 0.6) is 28.7 Å². The average Bonchev–Trinajstić information content (AvgIpc) is 2.80. The summed E-state index contributed by atoms with van der Waals surface area (Å²) in [5.41, 5.74) is 3.15. The fraction of sp³-hybridized carbons (Fsp3) is 0.300. The second-order valence-corrected chi connectivity index (χ2v) is 9.77. The van der Waals surface area contributed by atoms with Crippen molar-refractivity contribution in [2.45, 2.75) is 60.3 Å². The Bertz CT molecular complexity index is 1480. The summed E-state index contributed by atoms with van der Waals surface area (Å²) >= 11 is 0. The van der Waals surface area contributed by atoms with Gasteiger partial charge in [-0.2, -0.15) is 0 Å². The van der Waals surface area contributed by atoms with Crippen LogP contribution in [-0.2, 0) is 12.8 Å². The van der Waals surface area contributed by atoms with E-state index < -0.39 is 16.9 Å². The molecule has 0 aliphatic rings. The molecular formula is C30H34O7. The minimum absolute atomic E-state index is 0.131. The van der Waals surface area contributed by atoms with Crippen LogP contribution in [0.3, 0.4) is 0 Å². The van der Waals surface area contributed by atoms with E-state index in [-0.39, 0.29) is 51.5 Å². The smallest absolute Gasteiger partial charge is 0.238 e. The molecule has 2 aromatic carbocycles. The number of fused-ring (bicyclic) bond motifs is 1. The van der Waals surface area contributed by atoms with Crippen LogP contribution in [0.2, 0.25) is 0 Å². The molecule has 37 heavy (non-hydrogen) atoms. The number of phenolic OH excluding ortho intramolecular Hbond substituents is 4. The molecule has 7 nitrogen and oxygen atoms in total. The van der Waals surface area contributed by atoms with Crippen LogP contribution in [0.1, 0.15) is 58.6 Å². The van der Waals surface area contributed by atoms with E-state index in [1.165, 1.54) is 5.57 Å². The van der Waals surface area contributed by atoms with Gasteiger partial charge < -0.3 is 29.9 Å². The first-order chi connectivity index (χ1) is 17.4. The normalized spacial score (nSPS) is 11.5. The number of hydrogen-bond acceptors (Lipinski definition) is 7. The Labute approximate surface area is 216 Å². The molecule has 0 bridgehead atoms. The van der Waals surface area contributed by atoms with Gasteiger partial charge in [-0.25, -0.2) is 0 Å². The zero-order valence-electron chi connectivity index (χ0n) is 21.8. The maximum atomic E-state index is 13.0. The molecular weight excluding hydrogens is 472 g/mol. The van der Waals surface area contributed by atoms with Crippen molar-refractivity contribution in [2.24, 2.45) is 0 Å². The zero-order valence-corrected chi connectivity index (χ0v) is 21.8. The van der Waals surface area contributed by atoms with E-state index in [4.69, 9.17) is 4.42 Å². The van der Waals surface area contributed by atoms with Gasteiger partial charge in [0, 0.05) is 28.8 Å². The average molecular weight is 507 g/mol. The highest BCUT2D eigenvalue weighted by atomic mass is 16.4. The molecule has 1 aromatic heterocycles. The van der Waals surface area contributed by atoms with Gasteiger partial charge in [0.1, 0.15) is 22.5 Å². The van der Waals surface area contributed by atoms with Crippen molar-refractivity contribution in [3.63, 3.8) is 0 Å². The number of hydrogen-bond donors (Lipinski definition) is 5. The monoisotopic (exact) mass is 506 g/mol. The van der Waals surface area contributed by atoms with E-state index in [2.05, 4.69) is 6.08 Å². The third kappa shape index (κ3) is 6.17. The van der Waals surface area contributed by atoms with E-state index >= 15 is 0 Å². The van der Waals surface area contributed by atoms with Crippen LogP contribution in [0.4, 0.5) is 0 Å². The van der Waals surface area contributed by atoms with Gasteiger partial charge in [0.05, 0.1) is 0 Å². The maximum Gasteiger partial charge on any atom is 0.238 e. The highest BCUT2D eigenvalue weighted by Gasteiger charge is 2.24. The molecule has 0 aliphatic carbocycles. The third-order valence-corrected chi connectivity index (χ3v) is 6.11. The molecule has 0 saturated heterocycles. The van der Waals surface area contributed by atoms with Gasteiger partial charge >= 0.3 is 0 Å². The number of aromatic hydroxyl groups is 5. The van der Waals surface area contributed by atoms with E-state index in [1.807, 2.05) is 46.8 Å². The Balaban J connectivity index is 2.25. The lowest BCUT2D eigenvalue weighted by Gasteiger charge is -2.16. The first-order valence-electron chi connectivity index (χ1n) is 12.1. The van der Waals surface area contributed by atoms with Crippen molar-refractivity contribution in [2.75, 3.05) is 0 Å². The third-order valence-electron chi connectivity index (χ3n) is 6.11. The Hall–Kier alpha value is -4.13. The summed E-state index contributed by atoms with van der Waals surface area (Å²) in [7, 11) is 0. The molecule has 0 radical (unpaired) electrons. The Morgan fingerprint density at radius 3 is 2.14 bits per heavy atom. The largest absolute Gasteiger partial charge is 0.508 e. The SMILES string of the molecule is CC(C)=CCC/C(C)=C/Cc1c(-c2oc3cc(O)cc(O)c3c(=O)c2O)cc(CC=C(C)C)c(O)c1O. The van der Waals surface area contributed by atoms with Crippen molar-refractivity contribution < 1.29 is 29.9 Å². The number of phenols is 4. The molecule has 0 unspecified atom stereocenters. The molecule has 3 rings (SSSR count). The Kier molecular flexibility index (Phi) is 8.38.